The van der Waals surface area contributed by atoms with Crippen LogP contribution in [-0.4, -0.2) is 0 Å². The highest BCUT2D eigenvalue weighted by Gasteiger charge is 2.53. The van der Waals surface area contributed by atoms with Gasteiger partial charge >= 0.3 is 0 Å². The Hall–Kier alpha value is -9.24. The van der Waals surface area contributed by atoms with Gasteiger partial charge in [0.2, 0.25) is 0 Å². The molecular weight excluding hydrogens is 871 g/mol. The summed E-state index contributed by atoms with van der Waals surface area (Å²) in [7, 11) is 0. The standard InChI is InChI=1S/C70H43NO/c1-2-20-47(21-3-1)71(48-37-39-57-55-28-10-15-31-60(55)69(65(57)43-48)58-29-13-8-25-52(58)53-26-9-14-30-59(53)69)66-33-17-12-22-49(66)46-34-38-56-54-27-11-16-32-61(54)70(64(56)42-46)62-40-35-44-18-4-6-23-50(44)67(62)72-68-51-24-7-5-19-45(51)36-41-63(68)70/h1-43H. The van der Waals surface area contributed by atoms with Crippen LogP contribution in [0.15, 0.2) is 261 Å². The zero-order valence-corrected chi connectivity index (χ0v) is 39.2. The Kier molecular flexibility index (Phi) is 8.05. The highest BCUT2D eigenvalue weighted by atomic mass is 16.5. The molecule has 0 saturated carbocycles. The van der Waals surface area contributed by atoms with Crippen molar-refractivity contribution in [2.75, 3.05) is 4.90 Å². The Bertz CT molecular complexity index is 4130. The van der Waals surface area contributed by atoms with Gasteiger partial charge in [-0.2, -0.15) is 0 Å². The monoisotopic (exact) mass is 913 g/mol. The summed E-state index contributed by atoms with van der Waals surface area (Å²) in [6.07, 6.45) is 0. The second-order valence-corrected chi connectivity index (χ2v) is 19.8. The van der Waals surface area contributed by atoms with Crippen LogP contribution < -0.4 is 9.64 Å². The number of rotatable bonds is 4. The largest absolute Gasteiger partial charge is 0.455 e. The van der Waals surface area contributed by atoms with Crippen LogP contribution in [0.5, 0.6) is 11.5 Å². The van der Waals surface area contributed by atoms with Gasteiger partial charge in [0.05, 0.1) is 16.5 Å². The van der Waals surface area contributed by atoms with Gasteiger partial charge in [-0.25, -0.2) is 0 Å². The van der Waals surface area contributed by atoms with Crippen LogP contribution in [0.3, 0.4) is 0 Å². The molecule has 1 aliphatic heterocycles. The predicted octanol–water partition coefficient (Wildman–Crippen LogP) is 17.9. The van der Waals surface area contributed by atoms with E-state index in [2.05, 4.69) is 266 Å². The van der Waals surface area contributed by atoms with Crippen LogP contribution in [0.2, 0.25) is 0 Å². The fraction of sp³-hybridized carbons (Fsp3) is 0.0286. The maximum absolute atomic E-state index is 7.30. The average Bonchev–Trinajstić information content (AvgIpc) is 4.04. The average molecular weight is 914 g/mol. The normalized spacial score (nSPS) is 14.2. The molecule has 3 aliphatic carbocycles. The lowest BCUT2D eigenvalue weighted by Crippen LogP contribution is -2.32. The van der Waals surface area contributed by atoms with Gasteiger partial charge in [-0.05, 0) is 119 Å². The summed E-state index contributed by atoms with van der Waals surface area (Å²) in [5.41, 5.74) is 22.3. The first-order valence-corrected chi connectivity index (χ1v) is 25.1. The second-order valence-electron chi connectivity index (χ2n) is 19.8. The van der Waals surface area contributed by atoms with E-state index in [9.17, 15) is 0 Å². The molecule has 16 rings (SSSR count). The molecule has 0 fully saturated rings. The summed E-state index contributed by atoms with van der Waals surface area (Å²) in [5.74, 6) is 1.84. The summed E-state index contributed by atoms with van der Waals surface area (Å²) in [6, 6.07) is 97.1. The smallest absolute Gasteiger partial charge is 0.140 e. The number of nitrogens with zero attached hydrogens (tertiary/aromatic N) is 1. The van der Waals surface area contributed by atoms with E-state index in [1.54, 1.807) is 0 Å². The highest BCUT2D eigenvalue weighted by Crippen LogP contribution is 2.66. The fourth-order valence-electron chi connectivity index (χ4n) is 13.7. The summed E-state index contributed by atoms with van der Waals surface area (Å²) in [6.45, 7) is 0. The Morgan fingerprint density at radius 1 is 0.264 bits per heavy atom. The molecule has 1 heterocycles. The third-order valence-electron chi connectivity index (χ3n) is 16.5. The van der Waals surface area contributed by atoms with Crippen molar-refractivity contribution in [2.24, 2.45) is 0 Å². The molecule has 0 aromatic heterocycles. The van der Waals surface area contributed by atoms with Gasteiger partial charge in [0, 0.05) is 38.8 Å². The number of anilines is 3. The minimum Gasteiger partial charge on any atom is -0.455 e. The molecule has 0 N–H and O–H groups in total. The molecule has 0 atom stereocenters. The van der Waals surface area contributed by atoms with Crippen molar-refractivity contribution in [1.82, 2.24) is 0 Å². The van der Waals surface area contributed by atoms with Crippen LogP contribution in [0.1, 0.15) is 44.5 Å². The van der Waals surface area contributed by atoms with Crippen LogP contribution >= 0.6 is 0 Å². The minimum absolute atomic E-state index is 0.465. The summed E-state index contributed by atoms with van der Waals surface area (Å²) in [5, 5.41) is 4.55. The van der Waals surface area contributed by atoms with Crippen LogP contribution in [0, 0.1) is 0 Å². The molecule has 4 aliphatic rings. The Morgan fingerprint density at radius 3 is 1.24 bits per heavy atom. The molecule has 2 heteroatoms. The third kappa shape index (κ3) is 5.03. The highest BCUT2D eigenvalue weighted by molar-refractivity contribution is 6.02. The molecule has 12 aromatic rings. The number of benzene rings is 12. The van der Waals surface area contributed by atoms with Crippen molar-refractivity contribution in [1.29, 1.82) is 0 Å². The van der Waals surface area contributed by atoms with Crippen molar-refractivity contribution in [3.05, 3.63) is 305 Å². The summed E-state index contributed by atoms with van der Waals surface area (Å²) in [4.78, 5) is 2.48. The van der Waals surface area contributed by atoms with Crippen molar-refractivity contribution >= 4 is 38.6 Å². The van der Waals surface area contributed by atoms with Crippen LogP contribution in [0.25, 0.3) is 66.1 Å². The topological polar surface area (TPSA) is 12.5 Å². The van der Waals surface area contributed by atoms with E-state index in [1.807, 2.05) is 0 Å². The van der Waals surface area contributed by atoms with Crippen LogP contribution in [0.4, 0.5) is 17.1 Å². The van der Waals surface area contributed by atoms with Gasteiger partial charge in [-0.1, -0.05) is 224 Å². The molecule has 334 valence electrons. The Morgan fingerprint density at radius 2 is 0.681 bits per heavy atom. The first-order chi connectivity index (χ1) is 35.7. The van der Waals surface area contributed by atoms with Crippen molar-refractivity contribution in [3.8, 4) is 56.0 Å². The van der Waals surface area contributed by atoms with E-state index < -0.39 is 10.8 Å². The maximum atomic E-state index is 7.30. The van der Waals surface area contributed by atoms with E-state index in [1.165, 1.54) is 66.8 Å². The molecule has 0 saturated heterocycles. The fourth-order valence-corrected chi connectivity index (χ4v) is 13.7. The quantitative estimate of drug-likeness (QED) is 0.174. The van der Waals surface area contributed by atoms with Gasteiger partial charge in [0.1, 0.15) is 11.5 Å². The van der Waals surface area contributed by atoms with Gasteiger partial charge in [-0.15, -0.1) is 0 Å². The Balaban J connectivity index is 0.942. The third-order valence-corrected chi connectivity index (χ3v) is 16.5. The summed E-state index contributed by atoms with van der Waals surface area (Å²) < 4.78 is 7.30. The number of fused-ring (bicyclic) bond motifs is 23. The minimum atomic E-state index is -0.663. The van der Waals surface area contributed by atoms with Gasteiger partial charge in [-0.3, -0.25) is 0 Å². The lowest BCUT2D eigenvalue weighted by molar-refractivity contribution is 0.447. The number of ether oxygens (including phenoxy) is 1. The first-order valence-electron chi connectivity index (χ1n) is 25.1. The molecule has 2 spiro atoms. The molecule has 0 amide bonds. The van der Waals surface area contributed by atoms with E-state index in [0.29, 0.717) is 0 Å². The van der Waals surface area contributed by atoms with Gasteiger partial charge in [0.15, 0.2) is 0 Å². The van der Waals surface area contributed by atoms with E-state index in [0.717, 1.165) is 72.4 Å². The van der Waals surface area contributed by atoms with Crippen molar-refractivity contribution < 1.29 is 4.74 Å². The maximum Gasteiger partial charge on any atom is 0.140 e. The predicted molar refractivity (Wildman–Crippen MR) is 295 cm³/mol. The second kappa shape index (κ2) is 14.6. The lowest BCUT2D eigenvalue weighted by atomic mass is 9.65. The molecular formula is C70H43NO. The zero-order valence-electron chi connectivity index (χ0n) is 39.2. The Labute approximate surface area is 418 Å². The number of para-hydroxylation sites is 2. The van der Waals surface area contributed by atoms with E-state index in [4.69, 9.17) is 4.74 Å². The van der Waals surface area contributed by atoms with Crippen molar-refractivity contribution in [2.45, 2.75) is 10.8 Å². The first kappa shape index (κ1) is 39.6. The molecule has 0 radical (unpaired) electrons. The molecule has 2 nitrogen and oxygen atoms in total. The SMILES string of the molecule is c1ccc(N(c2ccc3c(c2)C2(c4ccccc4-c4ccccc42)c2ccccc2-3)c2ccccc2-c2ccc3c(c2)C2(c4ccccc4-3)c3ccc4ccccc4c3Oc3c2ccc2ccccc32)cc1. The van der Waals surface area contributed by atoms with E-state index >= 15 is 0 Å². The molecule has 0 bridgehead atoms. The zero-order chi connectivity index (χ0) is 47.1. The van der Waals surface area contributed by atoms with Crippen molar-refractivity contribution in [3.63, 3.8) is 0 Å². The number of hydrogen-bond acceptors (Lipinski definition) is 2. The summed E-state index contributed by atoms with van der Waals surface area (Å²) >= 11 is 0. The molecule has 0 unspecified atom stereocenters. The molecule has 12 aromatic carbocycles. The van der Waals surface area contributed by atoms with E-state index in [-0.39, 0.29) is 0 Å². The van der Waals surface area contributed by atoms with Gasteiger partial charge < -0.3 is 9.64 Å². The number of hydrogen-bond donors (Lipinski definition) is 0. The lowest BCUT2D eigenvalue weighted by Gasteiger charge is -2.40. The van der Waals surface area contributed by atoms with Gasteiger partial charge in [0.25, 0.3) is 0 Å². The van der Waals surface area contributed by atoms with Crippen LogP contribution in [-0.2, 0) is 10.8 Å². The molecule has 72 heavy (non-hydrogen) atoms.